The maximum absolute atomic E-state index is 11.1. The van der Waals surface area contributed by atoms with Crippen molar-refractivity contribution < 1.29 is 9.53 Å². The Bertz CT molecular complexity index is 665. The van der Waals surface area contributed by atoms with E-state index in [4.69, 9.17) is 10.5 Å². The number of hydrogen-bond acceptors (Lipinski definition) is 3. The van der Waals surface area contributed by atoms with E-state index in [0.717, 1.165) is 24.5 Å². The van der Waals surface area contributed by atoms with E-state index in [0.29, 0.717) is 5.56 Å². The lowest BCUT2D eigenvalue weighted by Crippen LogP contribution is -2.11. The van der Waals surface area contributed by atoms with Gasteiger partial charge in [-0.05, 0) is 54.4 Å². The minimum atomic E-state index is -0.409. The molecule has 1 aliphatic heterocycles. The summed E-state index contributed by atoms with van der Waals surface area (Å²) in [6.45, 7) is 2.88. The number of rotatable bonds is 4. The zero-order chi connectivity index (χ0) is 14.8. The van der Waals surface area contributed by atoms with Crippen molar-refractivity contribution in [3.63, 3.8) is 0 Å². The summed E-state index contributed by atoms with van der Waals surface area (Å²) < 4.78 is 5.52. The van der Waals surface area contributed by atoms with Crippen LogP contribution in [0.3, 0.4) is 0 Å². The van der Waals surface area contributed by atoms with Crippen LogP contribution in [0.25, 0.3) is 0 Å². The lowest BCUT2D eigenvalue weighted by Gasteiger charge is -2.16. The Morgan fingerprint density at radius 3 is 2.71 bits per heavy atom. The predicted octanol–water partition coefficient (Wildman–Crippen LogP) is 2.89. The first-order chi connectivity index (χ1) is 10.1. The molecule has 2 aromatic carbocycles. The average Bonchev–Trinajstić information content (AvgIpc) is 2.95. The molecule has 4 heteroatoms. The standard InChI is InChI=1S/C17H18N2O2/c1-11(13-4-7-16-14(10-13)8-9-21-16)19-15-5-2-12(3-6-15)17(18)20/h2-7,10-11,19H,8-9H2,1H3,(H2,18,20). The minimum absolute atomic E-state index is 0.176. The number of hydrogen-bond donors (Lipinski definition) is 2. The van der Waals surface area contributed by atoms with Crippen molar-refractivity contribution >= 4 is 11.6 Å². The number of amides is 1. The fourth-order valence-corrected chi connectivity index (χ4v) is 2.54. The molecule has 0 spiro atoms. The lowest BCUT2D eigenvalue weighted by atomic mass is 10.0. The number of anilines is 1. The maximum Gasteiger partial charge on any atom is 0.248 e. The van der Waals surface area contributed by atoms with Crippen LogP contribution in [0.1, 0.15) is 34.5 Å². The highest BCUT2D eigenvalue weighted by atomic mass is 16.5. The van der Waals surface area contributed by atoms with Gasteiger partial charge in [-0.3, -0.25) is 4.79 Å². The van der Waals surface area contributed by atoms with Crippen LogP contribution >= 0.6 is 0 Å². The van der Waals surface area contributed by atoms with Crippen LogP contribution < -0.4 is 15.8 Å². The highest BCUT2D eigenvalue weighted by Gasteiger charge is 2.14. The van der Waals surface area contributed by atoms with Gasteiger partial charge in [-0.25, -0.2) is 0 Å². The first kappa shape index (κ1) is 13.5. The summed E-state index contributed by atoms with van der Waals surface area (Å²) in [5.74, 6) is 0.588. The largest absolute Gasteiger partial charge is 0.493 e. The minimum Gasteiger partial charge on any atom is -0.493 e. The summed E-state index contributed by atoms with van der Waals surface area (Å²) in [4.78, 5) is 11.1. The highest BCUT2D eigenvalue weighted by Crippen LogP contribution is 2.29. The van der Waals surface area contributed by atoms with E-state index in [1.54, 1.807) is 12.1 Å². The average molecular weight is 282 g/mol. The molecular formula is C17H18N2O2. The highest BCUT2D eigenvalue weighted by molar-refractivity contribution is 5.93. The van der Waals surface area contributed by atoms with Crippen LogP contribution in [0.15, 0.2) is 42.5 Å². The SMILES string of the molecule is CC(Nc1ccc(C(N)=O)cc1)c1ccc2c(c1)CCO2. The van der Waals surface area contributed by atoms with Crippen molar-refractivity contribution in [1.82, 2.24) is 0 Å². The Balaban J connectivity index is 1.73. The van der Waals surface area contributed by atoms with Gasteiger partial charge < -0.3 is 15.8 Å². The van der Waals surface area contributed by atoms with Crippen LogP contribution in [-0.4, -0.2) is 12.5 Å². The van der Waals surface area contributed by atoms with E-state index in [2.05, 4.69) is 24.4 Å². The Morgan fingerprint density at radius 2 is 2.00 bits per heavy atom. The zero-order valence-electron chi connectivity index (χ0n) is 11.9. The molecule has 1 unspecified atom stereocenters. The van der Waals surface area contributed by atoms with Gasteiger partial charge >= 0.3 is 0 Å². The summed E-state index contributed by atoms with van der Waals surface area (Å²) in [7, 11) is 0. The van der Waals surface area contributed by atoms with Gasteiger partial charge in [-0.2, -0.15) is 0 Å². The van der Waals surface area contributed by atoms with E-state index in [1.165, 1.54) is 11.1 Å². The van der Waals surface area contributed by atoms with Crippen LogP contribution in [0.4, 0.5) is 5.69 Å². The monoisotopic (exact) mass is 282 g/mol. The fraction of sp³-hybridized carbons (Fsp3) is 0.235. The lowest BCUT2D eigenvalue weighted by molar-refractivity contribution is 0.100. The second-order valence-electron chi connectivity index (χ2n) is 5.27. The quantitative estimate of drug-likeness (QED) is 0.906. The number of ether oxygens (including phenoxy) is 1. The number of primary amides is 1. The smallest absolute Gasteiger partial charge is 0.248 e. The summed E-state index contributed by atoms with van der Waals surface area (Å²) >= 11 is 0. The number of benzene rings is 2. The number of fused-ring (bicyclic) bond motifs is 1. The first-order valence-electron chi connectivity index (χ1n) is 7.05. The summed E-state index contributed by atoms with van der Waals surface area (Å²) in [6, 6.07) is 13.7. The molecule has 21 heavy (non-hydrogen) atoms. The van der Waals surface area contributed by atoms with Crippen molar-refractivity contribution in [2.75, 3.05) is 11.9 Å². The van der Waals surface area contributed by atoms with Gasteiger partial charge in [0, 0.05) is 23.7 Å². The Kier molecular flexibility index (Phi) is 3.52. The third kappa shape index (κ3) is 2.84. The normalized spacial score (nSPS) is 14.1. The Hall–Kier alpha value is -2.49. The molecule has 1 atom stereocenters. The van der Waals surface area contributed by atoms with Gasteiger partial charge in [0.05, 0.1) is 6.61 Å². The van der Waals surface area contributed by atoms with Crippen molar-refractivity contribution in [3.8, 4) is 5.75 Å². The summed E-state index contributed by atoms with van der Waals surface area (Å²) in [5.41, 5.74) is 9.21. The molecule has 0 radical (unpaired) electrons. The van der Waals surface area contributed by atoms with Crippen LogP contribution in [0.2, 0.25) is 0 Å². The van der Waals surface area contributed by atoms with Crippen LogP contribution in [0.5, 0.6) is 5.75 Å². The molecular weight excluding hydrogens is 264 g/mol. The van der Waals surface area contributed by atoms with Crippen molar-refractivity contribution in [2.24, 2.45) is 5.73 Å². The van der Waals surface area contributed by atoms with E-state index in [-0.39, 0.29) is 6.04 Å². The second kappa shape index (κ2) is 5.48. The fourth-order valence-electron chi connectivity index (χ4n) is 2.54. The van der Waals surface area contributed by atoms with E-state index in [1.807, 2.05) is 18.2 Å². The predicted molar refractivity (Wildman–Crippen MR) is 82.6 cm³/mol. The second-order valence-corrected chi connectivity index (χ2v) is 5.27. The van der Waals surface area contributed by atoms with Gasteiger partial charge in [0.1, 0.15) is 5.75 Å². The molecule has 0 saturated carbocycles. The van der Waals surface area contributed by atoms with E-state index in [9.17, 15) is 4.79 Å². The summed E-state index contributed by atoms with van der Waals surface area (Å²) in [5, 5.41) is 3.42. The molecule has 1 heterocycles. The molecule has 108 valence electrons. The number of nitrogens with one attached hydrogen (secondary N) is 1. The maximum atomic E-state index is 11.1. The van der Waals surface area contributed by atoms with Crippen molar-refractivity contribution in [2.45, 2.75) is 19.4 Å². The molecule has 0 aromatic heterocycles. The van der Waals surface area contributed by atoms with Gasteiger partial charge in [0.15, 0.2) is 0 Å². The molecule has 3 N–H and O–H groups in total. The third-order valence-corrected chi connectivity index (χ3v) is 3.77. The number of nitrogens with two attached hydrogens (primary N) is 1. The molecule has 0 bridgehead atoms. The van der Waals surface area contributed by atoms with Crippen LogP contribution in [0, 0.1) is 0 Å². The van der Waals surface area contributed by atoms with Gasteiger partial charge in [0.25, 0.3) is 0 Å². The Morgan fingerprint density at radius 1 is 1.24 bits per heavy atom. The number of carbonyl (C=O) groups is 1. The van der Waals surface area contributed by atoms with Crippen LogP contribution in [-0.2, 0) is 6.42 Å². The van der Waals surface area contributed by atoms with Crippen molar-refractivity contribution in [3.05, 3.63) is 59.2 Å². The Labute approximate surface area is 123 Å². The van der Waals surface area contributed by atoms with E-state index < -0.39 is 5.91 Å². The van der Waals surface area contributed by atoms with Gasteiger partial charge in [0.2, 0.25) is 5.91 Å². The molecule has 0 aliphatic carbocycles. The molecule has 1 aliphatic rings. The third-order valence-electron chi connectivity index (χ3n) is 3.77. The molecule has 4 nitrogen and oxygen atoms in total. The topological polar surface area (TPSA) is 64.3 Å². The van der Waals surface area contributed by atoms with Gasteiger partial charge in [-0.1, -0.05) is 6.07 Å². The molecule has 2 aromatic rings. The van der Waals surface area contributed by atoms with E-state index >= 15 is 0 Å². The number of carbonyl (C=O) groups excluding carboxylic acids is 1. The first-order valence-corrected chi connectivity index (χ1v) is 7.05. The van der Waals surface area contributed by atoms with Crippen molar-refractivity contribution in [1.29, 1.82) is 0 Å². The molecule has 3 rings (SSSR count). The zero-order valence-corrected chi connectivity index (χ0v) is 11.9. The molecule has 1 amide bonds. The molecule has 0 fully saturated rings. The summed E-state index contributed by atoms with van der Waals surface area (Å²) in [6.07, 6.45) is 0.975. The van der Waals surface area contributed by atoms with Gasteiger partial charge in [-0.15, -0.1) is 0 Å². The molecule has 0 saturated heterocycles.